The summed E-state index contributed by atoms with van der Waals surface area (Å²) >= 11 is 11.6. The first-order chi connectivity index (χ1) is 9.32. The van der Waals surface area contributed by atoms with Crippen LogP contribution in [0, 0.1) is 0 Å². The molecular formula is C12H11Cl2NO5. The van der Waals surface area contributed by atoms with Gasteiger partial charge in [-0.25, -0.2) is 4.79 Å². The van der Waals surface area contributed by atoms with Crippen molar-refractivity contribution in [2.75, 3.05) is 0 Å². The third-order valence-corrected chi connectivity index (χ3v) is 3.27. The normalized spacial score (nSPS) is 11.7. The van der Waals surface area contributed by atoms with E-state index in [1.54, 1.807) is 0 Å². The number of rotatable bonds is 6. The predicted octanol–water partition coefficient (Wildman–Crippen LogP) is 2.04. The second-order valence-electron chi connectivity index (χ2n) is 3.90. The van der Waals surface area contributed by atoms with E-state index in [1.807, 2.05) is 0 Å². The fraction of sp³-hybridized carbons (Fsp3) is 0.250. The second-order valence-corrected chi connectivity index (χ2v) is 4.68. The van der Waals surface area contributed by atoms with Gasteiger partial charge in [0.05, 0.1) is 15.6 Å². The lowest BCUT2D eigenvalue weighted by atomic mass is 10.1. The SMILES string of the molecule is O=C(O)CC[C@H](NC(=O)c1cccc(Cl)c1Cl)C(=O)O. The van der Waals surface area contributed by atoms with Gasteiger partial charge in [-0.2, -0.15) is 0 Å². The van der Waals surface area contributed by atoms with E-state index in [4.69, 9.17) is 33.4 Å². The molecule has 1 aromatic carbocycles. The lowest BCUT2D eigenvalue weighted by molar-refractivity contribution is -0.140. The minimum atomic E-state index is -1.32. The first kappa shape index (κ1) is 16.3. The lowest BCUT2D eigenvalue weighted by Crippen LogP contribution is -2.41. The van der Waals surface area contributed by atoms with Crippen LogP contribution in [0.2, 0.25) is 10.0 Å². The van der Waals surface area contributed by atoms with Crippen molar-refractivity contribution in [3.8, 4) is 0 Å². The van der Waals surface area contributed by atoms with Gasteiger partial charge in [-0.1, -0.05) is 29.3 Å². The molecule has 0 saturated carbocycles. The van der Waals surface area contributed by atoms with Crippen LogP contribution in [0.15, 0.2) is 18.2 Å². The van der Waals surface area contributed by atoms with Crippen molar-refractivity contribution in [2.24, 2.45) is 0 Å². The van der Waals surface area contributed by atoms with Crippen molar-refractivity contribution in [1.82, 2.24) is 5.32 Å². The van der Waals surface area contributed by atoms with E-state index in [2.05, 4.69) is 5.32 Å². The summed E-state index contributed by atoms with van der Waals surface area (Å²) in [5.41, 5.74) is 0.0285. The Hall–Kier alpha value is -1.79. The van der Waals surface area contributed by atoms with Crippen LogP contribution in [0.5, 0.6) is 0 Å². The molecule has 3 N–H and O–H groups in total. The molecule has 0 aliphatic rings. The quantitative estimate of drug-likeness (QED) is 0.744. The minimum Gasteiger partial charge on any atom is -0.481 e. The zero-order valence-corrected chi connectivity index (χ0v) is 11.6. The zero-order chi connectivity index (χ0) is 15.3. The molecule has 0 bridgehead atoms. The van der Waals surface area contributed by atoms with Crippen molar-refractivity contribution >= 4 is 41.0 Å². The van der Waals surface area contributed by atoms with Crippen molar-refractivity contribution in [3.63, 3.8) is 0 Å². The smallest absolute Gasteiger partial charge is 0.326 e. The number of hydrogen-bond donors (Lipinski definition) is 3. The summed E-state index contributed by atoms with van der Waals surface area (Å²) in [7, 11) is 0. The Balaban J connectivity index is 2.83. The summed E-state index contributed by atoms with van der Waals surface area (Å²) in [6.07, 6.45) is -0.602. The molecule has 1 rings (SSSR count). The van der Waals surface area contributed by atoms with E-state index in [9.17, 15) is 14.4 Å². The molecule has 1 amide bonds. The highest BCUT2D eigenvalue weighted by Crippen LogP contribution is 2.25. The van der Waals surface area contributed by atoms with Gasteiger partial charge in [0.25, 0.3) is 5.91 Å². The lowest BCUT2D eigenvalue weighted by Gasteiger charge is -2.14. The molecule has 0 aromatic heterocycles. The summed E-state index contributed by atoms with van der Waals surface area (Å²) in [5.74, 6) is -3.20. The molecule has 0 radical (unpaired) electrons. The highest BCUT2D eigenvalue weighted by molar-refractivity contribution is 6.43. The maximum Gasteiger partial charge on any atom is 0.326 e. The molecule has 0 heterocycles. The Morgan fingerprint density at radius 3 is 2.40 bits per heavy atom. The van der Waals surface area contributed by atoms with Crippen LogP contribution >= 0.6 is 23.2 Å². The van der Waals surface area contributed by atoms with Gasteiger partial charge in [-0.05, 0) is 18.6 Å². The van der Waals surface area contributed by atoms with Gasteiger partial charge in [-0.3, -0.25) is 9.59 Å². The molecule has 108 valence electrons. The molecule has 6 nitrogen and oxygen atoms in total. The third-order valence-electron chi connectivity index (χ3n) is 2.45. The first-order valence-electron chi connectivity index (χ1n) is 5.52. The van der Waals surface area contributed by atoms with E-state index < -0.39 is 23.9 Å². The summed E-state index contributed by atoms with van der Waals surface area (Å²) in [6, 6.07) is 3.06. The number of halogens is 2. The topological polar surface area (TPSA) is 104 Å². The van der Waals surface area contributed by atoms with E-state index in [0.29, 0.717) is 0 Å². The van der Waals surface area contributed by atoms with Crippen LogP contribution < -0.4 is 5.32 Å². The molecule has 0 aliphatic carbocycles. The number of amides is 1. The molecule has 1 atom stereocenters. The van der Waals surface area contributed by atoms with Gasteiger partial charge in [0.15, 0.2) is 0 Å². The van der Waals surface area contributed by atoms with E-state index in [1.165, 1.54) is 18.2 Å². The van der Waals surface area contributed by atoms with Crippen LogP contribution in [0.3, 0.4) is 0 Å². The number of nitrogens with one attached hydrogen (secondary N) is 1. The largest absolute Gasteiger partial charge is 0.481 e. The number of carbonyl (C=O) groups excluding carboxylic acids is 1. The van der Waals surface area contributed by atoms with Gasteiger partial charge in [0.1, 0.15) is 6.04 Å². The van der Waals surface area contributed by atoms with Gasteiger partial charge < -0.3 is 15.5 Å². The number of carbonyl (C=O) groups is 3. The molecule has 0 spiro atoms. The fourth-order valence-electron chi connectivity index (χ4n) is 1.44. The number of hydrogen-bond acceptors (Lipinski definition) is 3. The molecular weight excluding hydrogens is 309 g/mol. The van der Waals surface area contributed by atoms with Crippen molar-refractivity contribution in [3.05, 3.63) is 33.8 Å². The highest BCUT2D eigenvalue weighted by Gasteiger charge is 2.23. The number of carboxylic acid groups (broad SMARTS) is 2. The average Bonchev–Trinajstić information content (AvgIpc) is 2.36. The summed E-state index contributed by atoms with van der Waals surface area (Å²) in [6.45, 7) is 0. The Bertz CT molecular complexity index is 547. The Labute approximate surface area is 124 Å². The van der Waals surface area contributed by atoms with Gasteiger partial charge >= 0.3 is 11.9 Å². The van der Waals surface area contributed by atoms with Crippen LogP contribution in [0.4, 0.5) is 0 Å². The highest BCUT2D eigenvalue weighted by atomic mass is 35.5. The van der Waals surface area contributed by atoms with Crippen molar-refractivity contribution < 1.29 is 24.6 Å². The maximum atomic E-state index is 11.9. The average molecular weight is 320 g/mol. The van der Waals surface area contributed by atoms with Crippen molar-refractivity contribution in [2.45, 2.75) is 18.9 Å². The summed E-state index contributed by atoms with van der Waals surface area (Å²) in [5, 5.41) is 19.9. The third kappa shape index (κ3) is 4.40. The Morgan fingerprint density at radius 1 is 1.20 bits per heavy atom. The molecule has 0 fully saturated rings. The van der Waals surface area contributed by atoms with E-state index in [-0.39, 0.29) is 28.5 Å². The van der Waals surface area contributed by atoms with E-state index >= 15 is 0 Å². The molecule has 0 unspecified atom stereocenters. The standard InChI is InChI=1S/C12H11Cl2NO5/c13-7-3-1-2-6(10(7)14)11(18)15-8(12(19)20)4-5-9(16)17/h1-3,8H,4-5H2,(H,15,18)(H,16,17)(H,19,20)/t8-/m0/s1. The van der Waals surface area contributed by atoms with Crippen LogP contribution in [-0.4, -0.2) is 34.1 Å². The maximum absolute atomic E-state index is 11.9. The van der Waals surface area contributed by atoms with Gasteiger partial charge in [0, 0.05) is 6.42 Å². The second kappa shape index (κ2) is 7.12. The van der Waals surface area contributed by atoms with Crippen LogP contribution in [0.1, 0.15) is 23.2 Å². The molecule has 8 heteroatoms. The first-order valence-corrected chi connectivity index (χ1v) is 6.28. The molecule has 1 aromatic rings. The van der Waals surface area contributed by atoms with Crippen molar-refractivity contribution in [1.29, 1.82) is 0 Å². The van der Waals surface area contributed by atoms with Gasteiger partial charge in [0.2, 0.25) is 0 Å². The molecule has 0 saturated heterocycles. The van der Waals surface area contributed by atoms with Gasteiger partial charge in [-0.15, -0.1) is 0 Å². The summed E-state index contributed by atoms with van der Waals surface area (Å²) < 4.78 is 0. The number of benzene rings is 1. The monoisotopic (exact) mass is 319 g/mol. The zero-order valence-electron chi connectivity index (χ0n) is 10.1. The molecule has 0 aliphatic heterocycles. The summed E-state index contributed by atoms with van der Waals surface area (Å²) in [4.78, 5) is 33.3. The van der Waals surface area contributed by atoms with Crippen LogP contribution in [0.25, 0.3) is 0 Å². The fourth-order valence-corrected chi connectivity index (χ4v) is 1.83. The molecule has 20 heavy (non-hydrogen) atoms. The number of carboxylic acids is 2. The Kier molecular flexibility index (Phi) is 5.79. The van der Waals surface area contributed by atoms with E-state index in [0.717, 1.165) is 0 Å². The minimum absolute atomic E-state index is 0.00837. The van der Waals surface area contributed by atoms with Crippen LogP contribution in [-0.2, 0) is 9.59 Å². The number of aliphatic carboxylic acids is 2. The Morgan fingerprint density at radius 2 is 1.85 bits per heavy atom. The predicted molar refractivity (Wildman–Crippen MR) is 72.2 cm³/mol.